The van der Waals surface area contributed by atoms with Crippen molar-refractivity contribution in [3.8, 4) is 10.7 Å². The number of thiazole rings is 1. The second-order valence-electron chi connectivity index (χ2n) is 5.01. The molecule has 114 valence electrons. The molecule has 6 nitrogen and oxygen atoms in total. The van der Waals surface area contributed by atoms with Crippen LogP contribution in [0.3, 0.4) is 0 Å². The first-order valence-corrected chi connectivity index (χ1v) is 7.74. The molecule has 8 heteroatoms. The van der Waals surface area contributed by atoms with E-state index >= 15 is 0 Å². The molecule has 0 spiro atoms. The average molecular weight is 326 g/mol. The summed E-state index contributed by atoms with van der Waals surface area (Å²) in [6, 6.07) is 6.59. The predicted octanol–water partition coefficient (Wildman–Crippen LogP) is 2.84. The summed E-state index contributed by atoms with van der Waals surface area (Å²) in [5.41, 5.74) is 2.31. The number of nitrogens with zero attached hydrogens (tertiary/aromatic N) is 6. The van der Waals surface area contributed by atoms with Gasteiger partial charge in [-0.15, -0.1) is 16.4 Å². The Morgan fingerprint density at radius 2 is 2.04 bits per heavy atom. The van der Waals surface area contributed by atoms with Gasteiger partial charge in [0.2, 0.25) is 0 Å². The van der Waals surface area contributed by atoms with Gasteiger partial charge in [-0.25, -0.2) is 24.0 Å². The highest BCUT2D eigenvalue weighted by molar-refractivity contribution is 7.15. The number of hydrogen-bond acceptors (Lipinski definition) is 6. The molecule has 4 aromatic rings. The fourth-order valence-electron chi connectivity index (χ4n) is 2.31. The van der Waals surface area contributed by atoms with E-state index in [1.807, 2.05) is 6.92 Å². The van der Waals surface area contributed by atoms with Crippen LogP contribution in [0, 0.1) is 12.7 Å². The maximum atomic E-state index is 13.8. The topological polar surface area (TPSA) is 69.4 Å². The third-order valence-electron chi connectivity index (χ3n) is 3.40. The standard InChI is InChI=1S/C15H11FN6S/c1-9-6-17-15(23-9)13-12-14(19-8-18-13)22(21-20-12)7-10-4-2-3-5-11(10)16/h2-6,8H,7H2,1H3. The SMILES string of the molecule is Cc1cnc(-c2ncnc3c2nnn3Cc2ccccc2F)s1. The second-order valence-corrected chi connectivity index (χ2v) is 6.24. The van der Waals surface area contributed by atoms with Crippen molar-refractivity contribution < 1.29 is 4.39 Å². The molecule has 3 aromatic heterocycles. The molecule has 0 fully saturated rings. The molecule has 0 unspecified atom stereocenters. The first-order valence-electron chi connectivity index (χ1n) is 6.93. The zero-order valence-corrected chi connectivity index (χ0v) is 13.0. The second kappa shape index (κ2) is 5.47. The van der Waals surface area contributed by atoms with Crippen molar-refractivity contribution in [1.29, 1.82) is 0 Å². The molecule has 0 aliphatic carbocycles. The maximum Gasteiger partial charge on any atom is 0.182 e. The van der Waals surface area contributed by atoms with Crippen LogP contribution < -0.4 is 0 Å². The summed E-state index contributed by atoms with van der Waals surface area (Å²) in [6.45, 7) is 2.24. The molecule has 0 radical (unpaired) electrons. The van der Waals surface area contributed by atoms with Crippen LogP contribution in [0.5, 0.6) is 0 Å². The molecule has 0 N–H and O–H groups in total. The van der Waals surface area contributed by atoms with Gasteiger partial charge in [0, 0.05) is 16.6 Å². The minimum atomic E-state index is -0.277. The molecule has 1 aromatic carbocycles. The number of halogens is 1. The molecule has 4 rings (SSSR count). The summed E-state index contributed by atoms with van der Waals surface area (Å²) in [4.78, 5) is 13.9. The Morgan fingerprint density at radius 3 is 2.83 bits per heavy atom. The van der Waals surface area contributed by atoms with Gasteiger partial charge in [-0.05, 0) is 13.0 Å². The van der Waals surface area contributed by atoms with E-state index < -0.39 is 0 Å². The first kappa shape index (κ1) is 13.9. The highest BCUT2D eigenvalue weighted by Gasteiger charge is 2.16. The summed E-state index contributed by atoms with van der Waals surface area (Å²) in [5.74, 6) is -0.277. The molecule has 0 saturated heterocycles. The zero-order valence-electron chi connectivity index (χ0n) is 12.1. The van der Waals surface area contributed by atoms with Crippen molar-refractivity contribution in [1.82, 2.24) is 29.9 Å². The number of benzene rings is 1. The van der Waals surface area contributed by atoms with Crippen molar-refractivity contribution in [2.75, 3.05) is 0 Å². The Labute approximate surface area is 134 Å². The summed E-state index contributed by atoms with van der Waals surface area (Å²) in [6.07, 6.45) is 3.24. The van der Waals surface area contributed by atoms with Gasteiger partial charge >= 0.3 is 0 Å². The van der Waals surface area contributed by atoms with E-state index in [-0.39, 0.29) is 12.4 Å². The van der Waals surface area contributed by atoms with E-state index in [4.69, 9.17) is 0 Å². The van der Waals surface area contributed by atoms with E-state index in [1.54, 1.807) is 29.1 Å². The first-order chi connectivity index (χ1) is 11.2. The van der Waals surface area contributed by atoms with Crippen LogP contribution in [-0.4, -0.2) is 29.9 Å². The monoisotopic (exact) mass is 326 g/mol. The fraction of sp³-hybridized carbons (Fsp3) is 0.133. The molecular formula is C15H11FN6S. The van der Waals surface area contributed by atoms with E-state index in [0.717, 1.165) is 9.88 Å². The highest BCUT2D eigenvalue weighted by atomic mass is 32.1. The van der Waals surface area contributed by atoms with Crippen molar-refractivity contribution >= 4 is 22.5 Å². The lowest BCUT2D eigenvalue weighted by atomic mass is 10.2. The summed E-state index contributed by atoms with van der Waals surface area (Å²) < 4.78 is 15.4. The van der Waals surface area contributed by atoms with Gasteiger partial charge < -0.3 is 0 Å². The van der Waals surface area contributed by atoms with Gasteiger partial charge in [0.25, 0.3) is 0 Å². The Bertz CT molecular complexity index is 992. The van der Waals surface area contributed by atoms with Gasteiger partial charge in [0.1, 0.15) is 22.8 Å². The quantitative estimate of drug-likeness (QED) is 0.579. The van der Waals surface area contributed by atoms with Crippen molar-refractivity contribution in [2.45, 2.75) is 13.5 Å². The largest absolute Gasteiger partial charge is 0.242 e. The van der Waals surface area contributed by atoms with Crippen LogP contribution in [0.25, 0.3) is 21.9 Å². The molecule has 0 amide bonds. The van der Waals surface area contributed by atoms with Crippen LogP contribution in [0.4, 0.5) is 4.39 Å². The number of rotatable bonds is 3. The lowest BCUT2D eigenvalue weighted by molar-refractivity contribution is 0.582. The van der Waals surface area contributed by atoms with Crippen molar-refractivity contribution in [3.05, 3.63) is 53.0 Å². The summed E-state index contributed by atoms with van der Waals surface area (Å²) >= 11 is 1.53. The van der Waals surface area contributed by atoms with Crippen molar-refractivity contribution in [3.63, 3.8) is 0 Å². The zero-order chi connectivity index (χ0) is 15.8. The van der Waals surface area contributed by atoms with Crippen molar-refractivity contribution in [2.24, 2.45) is 0 Å². The molecule has 0 aliphatic heterocycles. The van der Waals surface area contributed by atoms with Gasteiger partial charge in [0.05, 0.1) is 6.54 Å². The highest BCUT2D eigenvalue weighted by Crippen LogP contribution is 2.27. The molecule has 0 atom stereocenters. The maximum absolute atomic E-state index is 13.8. The minimum Gasteiger partial charge on any atom is -0.242 e. The van der Waals surface area contributed by atoms with Crippen LogP contribution >= 0.6 is 11.3 Å². The van der Waals surface area contributed by atoms with Crippen LogP contribution in [0.15, 0.2) is 36.8 Å². The summed E-state index contributed by atoms with van der Waals surface area (Å²) in [5, 5.41) is 9.03. The summed E-state index contributed by atoms with van der Waals surface area (Å²) in [7, 11) is 0. The van der Waals surface area contributed by atoms with Gasteiger partial charge in [-0.2, -0.15) is 0 Å². The van der Waals surface area contributed by atoms with Crippen LogP contribution in [0.2, 0.25) is 0 Å². The average Bonchev–Trinajstić information content (AvgIpc) is 3.16. The van der Waals surface area contributed by atoms with E-state index in [1.165, 1.54) is 23.7 Å². The van der Waals surface area contributed by atoms with Crippen LogP contribution in [-0.2, 0) is 6.54 Å². The molecular weight excluding hydrogens is 315 g/mol. The Morgan fingerprint density at radius 1 is 1.17 bits per heavy atom. The number of aromatic nitrogens is 6. The van der Waals surface area contributed by atoms with Crippen LogP contribution in [0.1, 0.15) is 10.4 Å². The third-order valence-corrected chi connectivity index (χ3v) is 4.32. The smallest absolute Gasteiger partial charge is 0.182 e. The van der Waals surface area contributed by atoms with E-state index in [2.05, 4.69) is 25.3 Å². The molecule has 23 heavy (non-hydrogen) atoms. The fourth-order valence-corrected chi connectivity index (χ4v) is 3.07. The van der Waals surface area contributed by atoms with Gasteiger partial charge in [-0.3, -0.25) is 0 Å². The molecule has 0 bridgehead atoms. The van der Waals surface area contributed by atoms with E-state index in [0.29, 0.717) is 22.4 Å². The Hall–Kier alpha value is -2.74. The lowest BCUT2D eigenvalue weighted by Gasteiger charge is -2.03. The third kappa shape index (κ3) is 2.46. The Balaban J connectivity index is 1.80. The van der Waals surface area contributed by atoms with Gasteiger partial charge in [-0.1, -0.05) is 23.4 Å². The number of aryl methyl sites for hydroxylation is 1. The predicted molar refractivity (Wildman–Crippen MR) is 84.5 cm³/mol. The molecule has 0 saturated carbocycles. The molecule has 3 heterocycles. The number of fused-ring (bicyclic) bond motifs is 1. The molecule has 0 aliphatic rings. The minimum absolute atomic E-state index is 0.260. The van der Waals surface area contributed by atoms with Gasteiger partial charge in [0.15, 0.2) is 11.2 Å². The number of hydrogen-bond donors (Lipinski definition) is 0. The Kier molecular flexibility index (Phi) is 3.30. The lowest BCUT2D eigenvalue weighted by Crippen LogP contribution is -2.04. The van der Waals surface area contributed by atoms with E-state index in [9.17, 15) is 4.39 Å². The normalized spacial score (nSPS) is 11.2.